The average Bonchev–Trinajstić information content (AvgIpc) is 3.67. The number of benzene rings is 8. The Morgan fingerprint density at radius 3 is 1.51 bits per heavy atom. The fourth-order valence-corrected chi connectivity index (χ4v) is 10.6. The summed E-state index contributed by atoms with van der Waals surface area (Å²) >= 11 is 0. The molecule has 0 atom stereocenters. The molecular formula is C57H48. The second-order valence-electron chi connectivity index (χ2n) is 17.3. The molecule has 1 spiro atoms. The summed E-state index contributed by atoms with van der Waals surface area (Å²) in [5.41, 5.74) is 22.8. The first-order valence-corrected chi connectivity index (χ1v) is 20.5. The van der Waals surface area contributed by atoms with Crippen LogP contribution >= 0.6 is 0 Å². The minimum absolute atomic E-state index is 0.0412. The van der Waals surface area contributed by atoms with Gasteiger partial charge in [0.25, 0.3) is 0 Å². The molecule has 0 nitrogen and oxygen atoms in total. The van der Waals surface area contributed by atoms with Crippen LogP contribution in [0.1, 0.15) is 88.9 Å². The lowest BCUT2D eigenvalue weighted by Crippen LogP contribution is -2.40. The standard InChI is InChI=1S/C50H40.C7H8/c1-48(2)39-19-9-8-18-36(39)37-27-25-34(31-46(37)48)33-26-28-40-38(30-33)47-35(29-32-15-6-5-7-16-32)17-14-24-45(47)50(40)43-22-12-10-20-41(43)49(3,4)42-21-11-13-23-44(42)50;1-7-5-3-2-4-6-7/h5-28,30-31H,29H2,1-4H3;2-6H,1H3. The third kappa shape index (κ3) is 5.27. The summed E-state index contributed by atoms with van der Waals surface area (Å²) in [7, 11) is 0. The molecule has 0 amide bonds. The zero-order valence-corrected chi connectivity index (χ0v) is 33.6. The van der Waals surface area contributed by atoms with Crippen molar-refractivity contribution >= 4 is 0 Å². The van der Waals surface area contributed by atoms with Crippen LogP contribution in [-0.2, 0) is 22.7 Å². The zero-order valence-electron chi connectivity index (χ0n) is 33.6. The molecule has 0 heteroatoms. The van der Waals surface area contributed by atoms with Gasteiger partial charge < -0.3 is 0 Å². The Bertz CT molecular complexity index is 2770. The molecular weight excluding hydrogens is 685 g/mol. The van der Waals surface area contributed by atoms with Crippen molar-refractivity contribution in [1.82, 2.24) is 0 Å². The van der Waals surface area contributed by atoms with Gasteiger partial charge in [-0.25, -0.2) is 0 Å². The second kappa shape index (κ2) is 13.2. The van der Waals surface area contributed by atoms with Crippen molar-refractivity contribution in [2.24, 2.45) is 0 Å². The fraction of sp³-hybridized carbons (Fsp3) is 0.158. The number of aryl methyl sites for hydroxylation is 1. The van der Waals surface area contributed by atoms with E-state index in [9.17, 15) is 0 Å². The van der Waals surface area contributed by atoms with E-state index in [2.05, 4.69) is 204 Å². The van der Waals surface area contributed by atoms with Gasteiger partial charge in [-0.3, -0.25) is 0 Å². The first kappa shape index (κ1) is 35.2. The van der Waals surface area contributed by atoms with Gasteiger partial charge in [0.1, 0.15) is 0 Å². The molecule has 0 heterocycles. The minimum Gasteiger partial charge on any atom is -0.0622 e. The average molecular weight is 733 g/mol. The lowest BCUT2D eigenvalue weighted by Gasteiger charge is -2.46. The number of hydrogen-bond acceptors (Lipinski definition) is 0. The summed E-state index contributed by atoms with van der Waals surface area (Å²) in [6, 6.07) is 70.3. The van der Waals surface area contributed by atoms with Crippen LogP contribution < -0.4 is 0 Å². The monoisotopic (exact) mass is 732 g/mol. The van der Waals surface area contributed by atoms with Crippen molar-refractivity contribution in [2.75, 3.05) is 0 Å². The summed E-state index contributed by atoms with van der Waals surface area (Å²) in [6.07, 6.45) is 0.893. The predicted octanol–water partition coefficient (Wildman–Crippen LogP) is 14.2. The maximum Gasteiger partial charge on any atom is 0.0719 e. The summed E-state index contributed by atoms with van der Waals surface area (Å²) in [4.78, 5) is 0. The third-order valence-electron chi connectivity index (χ3n) is 13.4. The van der Waals surface area contributed by atoms with Crippen LogP contribution in [0.2, 0.25) is 0 Å². The smallest absolute Gasteiger partial charge is 0.0622 e. The molecule has 3 aliphatic carbocycles. The quantitative estimate of drug-likeness (QED) is 0.170. The first-order valence-electron chi connectivity index (χ1n) is 20.5. The SMILES string of the molecule is CC1(C)c2ccccc2-c2ccc(-c3ccc4c(c3)-c3c(Cc5ccccc5)cccc3C43c4ccccc4C(C)(C)c4ccccc43)cc21.Cc1ccccc1. The first-order chi connectivity index (χ1) is 27.7. The summed E-state index contributed by atoms with van der Waals surface area (Å²) in [5.74, 6) is 0. The van der Waals surface area contributed by atoms with Crippen LogP contribution in [0.3, 0.4) is 0 Å². The van der Waals surface area contributed by atoms with Crippen molar-refractivity contribution in [2.45, 2.75) is 57.3 Å². The van der Waals surface area contributed by atoms with Crippen molar-refractivity contribution < 1.29 is 0 Å². The molecule has 0 radical (unpaired) electrons. The number of hydrogen-bond donors (Lipinski definition) is 0. The van der Waals surface area contributed by atoms with Gasteiger partial charge in [-0.05, 0) is 114 Å². The van der Waals surface area contributed by atoms with Gasteiger partial charge in [0.2, 0.25) is 0 Å². The molecule has 0 bridgehead atoms. The summed E-state index contributed by atoms with van der Waals surface area (Å²) < 4.78 is 0. The number of rotatable bonds is 3. The highest BCUT2D eigenvalue weighted by atomic mass is 14.5. The Morgan fingerprint density at radius 2 is 0.860 bits per heavy atom. The minimum atomic E-state index is -0.403. The van der Waals surface area contributed by atoms with Crippen molar-refractivity contribution in [3.8, 4) is 33.4 Å². The molecule has 0 saturated heterocycles. The van der Waals surface area contributed by atoms with Crippen molar-refractivity contribution in [3.05, 3.63) is 249 Å². The molecule has 11 rings (SSSR count). The van der Waals surface area contributed by atoms with E-state index >= 15 is 0 Å². The largest absolute Gasteiger partial charge is 0.0719 e. The van der Waals surface area contributed by atoms with Gasteiger partial charge in [-0.15, -0.1) is 0 Å². The van der Waals surface area contributed by atoms with Gasteiger partial charge in [0, 0.05) is 10.8 Å². The fourth-order valence-electron chi connectivity index (χ4n) is 10.6. The molecule has 276 valence electrons. The van der Waals surface area contributed by atoms with Gasteiger partial charge in [-0.2, -0.15) is 0 Å². The molecule has 0 saturated carbocycles. The van der Waals surface area contributed by atoms with Gasteiger partial charge in [0.15, 0.2) is 0 Å². The molecule has 8 aromatic carbocycles. The van der Waals surface area contributed by atoms with Gasteiger partial charge in [0.05, 0.1) is 5.41 Å². The zero-order chi connectivity index (χ0) is 38.9. The topological polar surface area (TPSA) is 0 Å². The molecule has 0 fully saturated rings. The predicted molar refractivity (Wildman–Crippen MR) is 239 cm³/mol. The van der Waals surface area contributed by atoms with E-state index in [4.69, 9.17) is 0 Å². The Labute approximate surface area is 338 Å². The highest BCUT2D eigenvalue weighted by Gasteiger charge is 2.53. The van der Waals surface area contributed by atoms with E-state index in [0.29, 0.717) is 0 Å². The number of fused-ring (bicyclic) bond motifs is 12. The molecule has 0 aromatic heterocycles. The maximum atomic E-state index is 2.51. The highest BCUT2D eigenvalue weighted by Crippen LogP contribution is 2.63. The van der Waals surface area contributed by atoms with Crippen LogP contribution in [-0.4, -0.2) is 0 Å². The maximum absolute atomic E-state index is 2.51. The third-order valence-corrected chi connectivity index (χ3v) is 13.4. The highest BCUT2D eigenvalue weighted by molar-refractivity contribution is 5.93. The van der Waals surface area contributed by atoms with E-state index in [0.717, 1.165) is 6.42 Å². The molecule has 3 aliphatic rings. The van der Waals surface area contributed by atoms with E-state index in [-0.39, 0.29) is 10.8 Å². The van der Waals surface area contributed by atoms with Crippen LogP contribution in [0, 0.1) is 6.92 Å². The Balaban J connectivity index is 0.000000514. The summed E-state index contributed by atoms with van der Waals surface area (Å²) in [5, 5.41) is 0. The Kier molecular flexibility index (Phi) is 8.13. The van der Waals surface area contributed by atoms with Crippen molar-refractivity contribution in [3.63, 3.8) is 0 Å². The van der Waals surface area contributed by atoms with Crippen LogP contribution in [0.15, 0.2) is 188 Å². The lowest BCUT2D eigenvalue weighted by atomic mass is 9.55. The molecule has 8 aromatic rings. The van der Waals surface area contributed by atoms with Crippen LogP contribution in [0.25, 0.3) is 33.4 Å². The second-order valence-corrected chi connectivity index (χ2v) is 17.3. The van der Waals surface area contributed by atoms with Crippen LogP contribution in [0.4, 0.5) is 0 Å². The molecule has 57 heavy (non-hydrogen) atoms. The lowest BCUT2D eigenvalue weighted by molar-refractivity contribution is 0.563. The van der Waals surface area contributed by atoms with E-state index in [1.807, 2.05) is 18.2 Å². The van der Waals surface area contributed by atoms with E-state index in [1.54, 1.807) is 0 Å². The summed E-state index contributed by atoms with van der Waals surface area (Å²) in [6.45, 7) is 11.6. The van der Waals surface area contributed by atoms with Gasteiger partial charge >= 0.3 is 0 Å². The molecule has 0 aliphatic heterocycles. The van der Waals surface area contributed by atoms with E-state index in [1.165, 1.54) is 94.6 Å². The molecule has 0 N–H and O–H groups in total. The molecule has 0 unspecified atom stereocenters. The van der Waals surface area contributed by atoms with Gasteiger partial charge in [-0.1, -0.05) is 209 Å². The van der Waals surface area contributed by atoms with E-state index < -0.39 is 5.41 Å². The Hall–Kier alpha value is -6.24. The van der Waals surface area contributed by atoms with Crippen LogP contribution in [0.5, 0.6) is 0 Å². The Morgan fingerprint density at radius 1 is 0.351 bits per heavy atom. The van der Waals surface area contributed by atoms with Crippen molar-refractivity contribution in [1.29, 1.82) is 0 Å². The normalized spacial score (nSPS) is 15.2.